The van der Waals surface area contributed by atoms with Gasteiger partial charge in [-0.1, -0.05) is 6.08 Å². The van der Waals surface area contributed by atoms with Crippen LogP contribution < -0.4 is 14.2 Å². The molecule has 1 aromatic rings. The highest BCUT2D eigenvalue weighted by Gasteiger charge is 2.23. The molecule has 0 aliphatic heterocycles. The normalized spacial score (nSPS) is 10.8. The maximum Gasteiger partial charge on any atom is 0.338 e. The molecule has 0 saturated heterocycles. The first-order chi connectivity index (χ1) is 12.0. The molecule has 0 amide bonds. The van der Waals surface area contributed by atoms with Crippen LogP contribution >= 0.6 is 0 Å². The number of benzene rings is 1. The van der Waals surface area contributed by atoms with E-state index >= 15 is 0 Å². The highest BCUT2D eigenvalue weighted by molar-refractivity contribution is 6.18. The van der Waals surface area contributed by atoms with Gasteiger partial charge in [0.05, 0.1) is 46.5 Å². The van der Waals surface area contributed by atoms with Crippen LogP contribution in [-0.4, -0.2) is 46.5 Å². The minimum Gasteiger partial charge on any atom is -0.493 e. The molecule has 0 heterocycles. The Hall–Kier alpha value is -2.70. The van der Waals surface area contributed by atoms with E-state index < -0.39 is 11.9 Å². The smallest absolute Gasteiger partial charge is 0.338 e. The zero-order valence-corrected chi connectivity index (χ0v) is 15.2. The van der Waals surface area contributed by atoms with Gasteiger partial charge in [-0.3, -0.25) is 4.79 Å². The Labute approximate surface area is 147 Å². The zero-order chi connectivity index (χ0) is 18.8. The molecule has 7 nitrogen and oxygen atoms in total. The number of rotatable bonds is 9. The largest absolute Gasteiger partial charge is 0.493 e. The van der Waals surface area contributed by atoms with Crippen molar-refractivity contribution in [1.29, 1.82) is 0 Å². The maximum absolute atomic E-state index is 12.4. The first-order valence-electron chi connectivity index (χ1n) is 7.86. The Morgan fingerprint density at radius 2 is 1.56 bits per heavy atom. The second-order valence-corrected chi connectivity index (χ2v) is 4.73. The van der Waals surface area contributed by atoms with E-state index in [1.807, 2.05) is 0 Å². The number of carbonyl (C=O) groups excluding carboxylic acids is 2. The molecule has 0 atom stereocenters. The van der Waals surface area contributed by atoms with Crippen molar-refractivity contribution in [3.8, 4) is 17.2 Å². The first kappa shape index (κ1) is 20.3. The summed E-state index contributed by atoms with van der Waals surface area (Å²) < 4.78 is 26.0. The van der Waals surface area contributed by atoms with Crippen LogP contribution in [0, 0.1) is 0 Å². The summed E-state index contributed by atoms with van der Waals surface area (Å²) >= 11 is 0. The van der Waals surface area contributed by atoms with Crippen molar-refractivity contribution in [3.63, 3.8) is 0 Å². The molecular formula is C18H24O7. The number of ether oxygens (including phenoxy) is 5. The summed E-state index contributed by atoms with van der Waals surface area (Å²) in [6.45, 7) is 3.88. The van der Waals surface area contributed by atoms with Crippen molar-refractivity contribution >= 4 is 17.5 Å². The minimum atomic E-state index is -0.572. The molecule has 0 radical (unpaired) electrons. The highest BCUT2D eigenvalue weighted by atomic mass is 16.5. The number of hydrogen-bond donors (Lipinski definition) is 0. The number of carbonyl (C=O) groups is 2. The van der Waals surface area contributed by atoms with Crippen LogP contribution in [0.15, 0.2) is 18.2 Å². The van der Waals surface area contributed by atoms with Crippen LogP contribution in [0.4, 0.5) is 0 Å². The molecule has 0 spiro atoms. The Morgan fingerprint density at radius 3 is 2.08 bits per heavy atom. The van der Waals surface area contributed by atoms with Crippen molar-refractivity contribution in [3.05, 3.63) is 23.8 Å². The summed E-state index contributed by atoms with van der Waals surface area (Å²) in [4.78, 5) is 24.0. The Balaban J connectivity index is 3.41. The van der Waals surface area contributed by atoms with Crippen LogP contribution in [0.2, 0.25) is 0 Å². The van der Waals surface area contributed by atoms with Crippen molar-refractivity contribution in [2.45, 2.75) is 20.3 Å². The third-order valence-corrected chi connectivity index (χ3v) is 3.27. The van der Waals surface area contributed by atoms with Gasteiger partial charge in [0.2, 0.25) is 5.75 Å². The molecule has 0 fully saturated rings. The van der Waals surface area contributed by atoms with E-state index in [1.165, 1.54) is 27.4 Å². The Kier molecular flexibility index (Phi) is 8.32. The number of methoxy groups -OCH3 is 3. The van der Waals surface area contributed by atoms with Crippen LogP contribution in [0.3, 0.4) is 0 Å². The topological polar surface area (TPSA) is 80.3 Å². The maximum atomic E-state index is 12.4. The molecule has 0 bridgehead atoms. The van der Waals surface area contributed by atoms with E-state index in [9.17, 15) is 9.59 Å². The van der Waals surface area contributed by atoms with E-state index in [-0.39, 0.29) is 25.2 Å². The van der Waals surface area contributed by atoms with Crippen LogP contribution in [0.1, 0.15) is 25.8 Å². The van der Waals surface area contributed by atoms with Crippen molar-refractivity contribution in [1.82, 2.24) is 0 Å². The Bertz CT molecular complexity index is 635. The lowest BCUT2D eigenvalue weighted by molar-refractivity contribution is -0.142. The molecule has 0 aromatic heterocycles. The van der Waals surface area contributed by atoms with Gasteiger partial charge in [-0.25, -0.2) is 4.79 Å². The van der Waals surface area contributed by atoms with Gasteiger partial charge in [-0.05, 0) is 26.0 Å². The summed E-state index contributed by atoms with van der Waals surface area (Å²) in [7, 11) is 4.42. The highest BCUT2D eigenvalue weighted by Crippen LogP contribution is 2.42. The molecule has 0 unspecified atom stereocenters. The molecule has 1 rings (SSSR count). The van der Waals surface area contributed by atoms with Crippen LogP contribution in [0.5, 0.6) is 17.2 Å². The Morgan fingerprint density at radius 1 is 0.920 bits per heavy atom. The van der Waals surface area contributed by atoms with Gasteiger partial charge in [0.1, 0.15) is 0 Å². The molecule has 0 saturated carbocycles. The molecule has 1 aromatic carbocycles. The third-order valence-electron chi connectivity index (χ3n) is 3.27. The van der Waals surface area contributed by atoms with E-state index in [2.05, 4.69) is 0 Å². The average molecular weight is 352 g/mol. The second-order valence-electron chi connectivity index (χ2n) is 4.73. The quantitative estimate of drug-likeness (QED) is 0.499. The predicted molar refractivity (Wildman–Crippen MR) is 92.0 cm³/mol. The molecular weight excluding hydrogens is 328 g/mol. The molecule has 25 heavy (non-hydrogen) atoms. The van der Waals surface area contributed by atoms with E-state index in [1.54, 1.807) is 26.0 Å². The van der Waals surface area contributed by atoms with Gasteiger partial charge in [0, 0.05) is 5.56 Å². The van der Waals surface area contributed by atoms with Gasteiger partial charge < -0.3 is 23.7 Å². The van der Waals surface area contributed by atoms with E-state index in [4.69, 9.17) is 23.7 Å². The fraction of sp³-hybridized carbons (Fsp3) is 0.444. The first-order valence-corrected chi connectivity index (χ1v) is 7.86. The van der Waals surface area contributed by atoms with Crippen LogP contribution in [-0.2, 0) is 19.1 Å². The standard InChI is InChI=1S/C18H24O7/c1-6-24-15(19)11-9-13(18(20)25-7-2)12-8-10-14(21-3)17(23-5)16(12)22-4/h8-10H,6-7,11H2,1-5H3/b13-9+. The molecule has 0 aliphatic rings. The monoisotopic (exact) mass is 352 g/mol. The summed E-state index contributed by atoms with van der Waals surface area (Å²) in [5.74, 6) is 0.0941. The van der Waals surface area contributed by atoms with Gasteiger partial charge in [0.15, 0.2) is 11.5 Å². The van der Waals surface area contributed by atoms with Crippen molar-refractivity contribution in [2.75, 3.05) is 34.5 Å². The summed E-state index contributed by atoms with van der Waals surface area (Å²) in [6, 6.07) is 3.29. The molecule has 0 N–H and O–H groups in total. The number of hydrogen-bond acceptors (Lipinski definition) is 7. The summed E-state index contributed by atoms with van der Waals surface area (Å²) in [5, 5.41) is 0. The minimum absolute atomic E-state index is 0.0700. The lowest BCUT2D eigenvalue weighted by atomic mass is 10.0. The molecule has 138 valence electrons. The second kappa shape index (κ2) is 10.2. The third kappa shape index (κ3) is 5.14. The van der Waals surface area contributed by atoms with Gasteiger partial charge >= 0.3 is 11.9 Å². The molecule has 0 aliphatic carbocycles. The SMILES string of the molecule is CCOC(=O)C/C=C(/C(=O)OCC)c1ccc(OC)c(OC)c1OC. The van der Waals surface area contributed by atoms with Gasteiger partial charge in [0.25, 0.3) is 0 Å². The lowest BCUT2D eigenvalue weighted by Crippen LogP contribution is -2.10. The van der Waals surface area contributed by atoms with E-state index in [0.29, 0.717) is 22.8 Å². The zero-order valence-electron chi connectivity index (χ0n) is 15.2. The van der Waals surface area contributed by atoms with Gasteiger partial charge in [-0.15, -0.1) is 0 Å². The van der Waals surface area contributed by atoms with Crippen molar-refractivity contribution in [2.24, 2.45) is 0 Å². The number of esters is 2. The lowest BCUT2D eigenvalue weighted by Gasteiger charge is -2.17. The summed E-state index contributed by atoms with van der Waals surface area (Å²) in [6.07, 6.45) is 1.39. The predicted octanol–water partition coefficient (Wildman–Crippen LogP) is 2.61. The fourth-order valence-corrected chi connectivity index (χ4v) is 2.23. The fourth-order valence-electron chi connectivity index (χ4n) is 2.23. The average Bonchev–Trinajstić information content (AvgIpc) is 2.61. The summed E-state index contributed by atoms with van der Waals surface area (Å²) in [5.41, 5.74) is 0.621. The van der Waals surface area contributed by atoms with E-state index in [0.717, 1.165) is 0 Å². The van der Waals surface area contributed by atoms with Gasteiger partial charge in [-0.2, -0.15) is 0 Å². The van der Waals surface area contributed by atoms with Crippen molar-refractivity contribution < 1.29 is 33.3 Å². The molecule has 7 heteroatoms. The van der Waals surface area contributed by atoms with Crippen LogP contribution in [0.25, 0.3) is 5.57 Å².